The third-order valence-electron chi connectivity index (χ3n) is 2.18. The van der Waals surface area contributed by atoms with Crippen molar-refractivity contribution in [1.29, 1.82) is 0 Å². The quantitative estimate of drug-likeness (QED) is 0.794. The molecule has 1 aromatic rings. The first-order valence-electron chi connectivity index (χ1n) is 4.56. The van der Waals surface area contributed by atoms with Crippen molar-refractivity contribution in [1.82, 2.24) is 0 Å². The molecule has 78 valence electrons. The van der Waals surface area contributed by atoms with Crippen molar-refractivity contribution in [2.24, 2.45) is 0 Å². The lowest BCUT2D eigenvalue weighted by atomic mass is 10.1. The van der Waals surface area contributed by atoms with Gasteiger partial charge >= 0.3 is 0 Å². The summed E-state index contributed by atoms with van der Waals surface area (Å²) in [6.45, 7) is 2.08. The van der Waals surface area contributed by atoms with E-state index in [0.717, 1.165) is 22.6 Å². The molecule has 1 rings (SSSR count). The molecule has 3 nitrogen and oxygen atoms in total. The van der Waals surface area contributed by atoms with Gasteiger partial charge in [-0.05, 0) is 18.9 Å². The van der Waals surface area contributed by atoms with E-state index in [0.29, 0.717) is 6.42 Å². The van der Waals surface area contributed by atoms with Crippen LogP contribution in [0.5, 0.6) is 11.5 Å². The lowest BCUT2D eigenvalue weighted by Gasteiger charge is -2.14. The highest BCUT2D eigenvalue weighted by molar-refractivity contribution is 5.51. The van der Waals surface area contributed by atoms with Crippen LogP contribution in [0.25, 0.3) is 0 Å². The van der Waals surface area contributed by atoms with Gasteiger partial charge in [0.15, 0.2) is 11.5 Å². The maximum atomic E-state index is 8.88. The van der Waals surface area contributed by atoms with Crippen molar-refractivity contribution in [2.45, 2.75) is 13.3 Å². The van der Waals surface area contributed by atoms with Crippen LogP contribution in [0.2, 0.25) is 0 Å². The molecule has 0 saturated carbocycles. The highest BCUT2D eigenvalue weighted by atomic mass is 16.5. The number of hydrogen-bond acceptors (Lipinski definition) is 3. The lowest BCUT2D eigenvalue weighted by molar-refractivity contribution is 0.294. The summed E-state index contributed by atoms with van der Waals surface area (Å²) in [5.41, 5.74) is 2.00. The maximum Gasteiger partial charge on any atom is 0.164 e. The molecule has 0 unspecified atom stereocenters. The van der Waals surface area contributed by atoms with Crippen LogP contribution in [-0.2, 0) is 6.42 Å². The van der Waals surface area contributed by atoms with E-state index in [-0.39, 0.29) is 6.61 Å². The van der Waals surface area contributed by atoms with Gasteiger partial charge in [0.05, 0.1) is 14.2 Å². The summed E-state index contributed by atoms with van der Waals surface area (Å²) in [6.07, 6.45) is 0.583. The number of methoxy groups -OCH3 is 2. The van der Waals surface area contributed by atoms with Crippen LogP contribution in [0, 0.1) is 6.92 Å². The number of hydrogen-bond donors (Lipinski definition) is 1. The Bertz CT molecular complexity index is 308. The molecule has 3 heteroatoms. The van der Waals surface area contributed by atoms with E-state index in [1.165, 1.54) is 0 Å². The van der Waals surface area contributed by atoms with Gasteiger partial charge in [0.1, 0.15) is 0 Å². The second kappa shape index (κ2) is 4.86. The van der Waals surface area contributed by atoms with E-state index in [2.05, 4.69) is 0 Å². The third-order valence-corrected chi connectivity index (χ3v) is 2.18. The zero-order valence-corrected chi connectivity index (χ0v) is 8.83. The van der Waals surface area contributed by atoms with E-state index in [1.807, 2.05) is 19.1 Å². The molecular weight excluding hydrogens is 180 g/mol. The summed E-state index contributed by atoms with van der Waals surface area (Å²) in [4.78, 5) is 0. The number of aliphatic hydroxyl groups excluding tert-OH is 1. The second-order valence-electron chi connectivity index (χ2n) is 3.08. The van der Waals surface area contributed by atoms with Crippen LogP contribution in [0.1, 0.15) is 11.1 Å². The first-order valence-corrected chi connectivity index (χ1v) is 4.56. The number of aliphatic hydroxyl groups is 1. The van der Waals surface area contributed by atoms with Gasteiger partial charge < -0.3 is 14.6 Å². The largest absolute Gasteiger partial charge is 0.493 e. The summed E-state index contributed by atoms with van der Waals surface area (Å²) >= 11 is 0. The van der Waals surface area contributed by atoms with Gasteiger partial charge in [-0.3, -0.25) is 0 Å². The summed E-state index contributed by atoms with van der Waals surface area (Å²) in [5, 5.41) is 8.88. The van der Waals surface area contributed by atoms with E-state index in [1.54, 1.807) is 14.2 Å². The molecule has 0 radical (unpaired) electrons. The first kappa shape index (κ1) is 10.9. The average Bonchev–Trinajstić information content (AvgIpc) is 2.20. The van der Waals surface area contributed by atoms with Crippen LogP contribution < -0.4 is 9.47 Å². The molecule has 0 fully saturated rings. The third kappa shape index (κ3) is 1.99. The topological polar surface area (TPSA) is 38.7 Å². The van der Waals surface area contributed by atoms with E-state index in [4.69, 9.17) is 14.6 Å². The van der Waals surface area contributed by atoms with Crippen molar-refractivity contribution in [2.75, 3.05) is 20.8 Å². The molecule has 1 N–H and O–H groups in total. The molecular formula is C11H16O3. The van der Waals surface area contributed by atoms with Crippen LogP contribution in [0.3, 0.4) is 0 Å². The fourth-order valence-corrected chi connectivity index (χ4v) is 1.50. The number of benzene rings is 1. The Labute approximate surface area is 84.3 Å². The standard InChI is InChI=1S/C11H16O3/c1-8-4-5-9(6-7-12)11(14-3)10(8)13-2/h4-5,12H,6-7H2,1-3H3. The van der Waals surface area contributed by atoms with E-state index >= 15 is 0 Å². The zero-order valence-electron chi connectivity index (χ0n) is 8.83. The van der Waals surface area contributed by atoms with Gasteiger partial charge in [-0.25, -0.2) is 0 Å². The smallest absolute Gasteiger partial charge is 0.164 e. The normalized spacial score (nSPS) is 10.0. The van der Waals surface area contributed by atoms with Gasteiger partial charge in [-0.2, -0.15) is 0 Å². The fraction of sp³-hybridized carbons (Fsp3) is 0.455. The lowest BCUT2D eigenvalue weighted by Crippen LogP contribution is -1.99. The molecule has 0 bridgehead atoms. The van der Waals surface area contributed by atoms with Gasteiger partial charge in [0.2, 0.25) is 0 Å². The minimum atomic E-state index is 0.114. The Morgan fingerprint density at radius 1 is 1.14 bits per heavy atom. The monoisotopic (exact) mass is 196 g/mol. The van der Waals surface area contributed by atoms with Crippen molar-refractivity contribution in [3.63, 3.8) is 0 Å². The fourth-order valence-electron chi connectivity index (χ4n) is 1.50. The molecule has 0 spiro atoms. The molecule has 0 saturated heterocycles. The predicted octanol–water partition coefficient (Wildman–Crippen LogP) is 1.55. The van der Waals surface area contributed by atoms with Crippen molar-refractivity contribution in [3.05, 3.63) is 23.3 Å². The summed E-state index contributed by atoms with van der Waals surface area (Å²) in [5.74, 6) is 1.47. The highest BCUT2D eigenvalue weighted by Gasteiger charge is 2.11. The number of aryl methyl sites for hydroxylation is 1. The first-order chi connectivity index (χ1) is 6.74. The van der Waals surface area contributed by atoms with Crippen LogP contribution in [0.15, 0.2) is 12.1 Å². The van der Waals surface area contributed by atoms with Crippen molar-refractivity contribution < 1.29 is 14.6 Å². The Kier molecular flexibility index (Phi) is 3.77. The average molecular weight is 196 g/mol. The molecule has 0 atom stereocenters. The van der Waals surface area contributed by atoms with Gasteiger partial charge in [-0.15, -0.1) is 0 Å². The minimum Gasteiger partial charge on any atom is -0.493 e. The predicted molar refractivity (Wildman–Crippen MR) is 55.1 cm³/mol. The molecule has 0 aromatic heterocycles. The molecule has 0 amide bonds. The summed E-state index contributed by atoms with van der Waals surface area (Å²) in [7, 11) is 3.23. The van der Waals surface area contributed by atoms with Crippen LogP contribution >= 0.6 is 0 Å². The van der Waals surface area contributed by atoms with Crippen LogP contribution in [0.4, 0.5) is 0 Å². The van der Waals surface area contributed by atoms with Crippen LogP contribution in [-0.4, -0.2) is 25.9 Å². The maximum absolute atomic E-state index is 8.88. The Morgan fingerprint density at radius 2 is 1.79 bits per heavy atom. The second-order valence-corrected chi connectivity index (χ2v) is 3.08. The number of ether oxygens (including phenoxy) is 2. The molecule has 1 aromatic carbocycles. The molecule has 0 aliphatic carbocycles. The van der Waals surface area contributed by atoms with E-state index in [9.17, 15) is 0 Å². The highest BCUT2D eigenvalue weighted by Crippen LogP contribution is 2.34. The molecule has 0 aliphatic rings. The SMILES string of the molecule is COc1c(C)ccc(CCO)c1OC. The molecule has 0 heterocycles. The summed E-state index contributed by atoms with van der Waals surface area (Å²) in [6, 6.07) is 3.92. The Hall–Kier alpha value is -1.22. The van der Waals surface area contributed by atoms with Gasteiger partial charge in [0.25, 0.3) is 0 Å². The van der Waals surface area contributed by atoms with E-state index < -0.39 is 0 Å². The number of rotatable bonds is 4. The molecule has 14 heavy (non-hydrogen) atoms. The Morgan fingerprint density at radius 3 is 2.29 bits per heavy atom. The molecule has 0 aliphatic heterocycles. The minimum absolute atomic E-state index is 0.114. The van der Waals surface area contributed by atoms with Gasteiger partial charge in [-0.1, -0.05) is 12.1 Å². The van der Waals surface area contributed by atoms with Crippen molar-refractivity contribution >= 4 is 0 Å². The zero-order chi connectivity index (χ0) is 10.6. The Balaban J connectivity index is 3.18. The van der Waals surface area contributed by atoms with Crippen molar-refractivity contribution in [3.8, 4) is 11.5 Å². The summed E-state index contributed by atoms with van der Waals surface area (Å²) < 4.78 is 10.5. The van der Waals surface area contributed by atoms with Gasteiger partial charge in [0, 0.05) is 12.2 Å².